The van der Waals surface area contributed by atoms with Crippen molar-refractivity contribution in [3.05, 3.63) is 64.4 Å². The number of halogens is 1. The highest BCUT2D eigenvalue weighted by molar-refractivity contribution is 5.85. The van der Waals surface area contributed by atoms with E-state index in [1.807, 2.05) is 42.6 Å². The Morgan fingerprint density at radius 3 is 2.58 bits per heavy atom. The van der Waals surface area contributed by atoms with Crippen molar-refractivity contribution in [2.24, 2.45) is 0 Å². The number of pyridine rings is 1. The predicted molar refractivity (Wildman–Crippen MR) is 97.5 cm³/mol. The van der Waals surface area contributed by atoms with Crippen LogP contribution < -0.4 is 5.43 Å². The molecule has 3 aromatic rings. The summed E-state index contributed by atoms with van der Waals surface area (Å²) in [5, 5.41) is 0.557. The molecule has 0 aliphatic carbocycles. The van der Waals surface area contributed by atoms with Gasteiger partial charge in [0, 0.05) is 24.4 Å². The highest BCUT2D eigenvalue weighted by atomic mass is 35.5. The van der Waals surface area contributed by atoms with E-state index in [1.165, 1.54) is 12.8 Å². The summed E-state index contributed by atoms with van der Waals surface area (Å²) < 4.78 is 5.83. The fraction of sp³-hybridized carbons (Fsp3) is 0.263. The van der Waals surface area contributed by atoms with Gasteiger partial charge in [-0.3, -0.25) is 9.69 Å². The Bertz CT molecular complexity index is 887. The summed E-state index contributed by atoms with van der Waals surface area (Å²) in [6.45, 7) is 3.10. The predicted octanol–water partition coefficient (Wildman–Crippen LogP) is 3.87. The van der Waals surface area contributed by atoms with Gasteiger partial charge in [0.05, 0.1) is 5.39 Å². The number of hydrogen-bond donors (Lipinski definition) is 0. The maximum absolute atomic E-state index is 12.4. The molecule has 0 spiro atoms. The van der Waals surface area contributed by atoms with E-state index >= 15 is 0 Å². The van der Waals surface area contributed by atoms with Crippen molar-refractivity contribution in [1.29, 1.82) is 0 Å². The lowest BCUT2D eigenvalue weighted by Gasteiger charge is -2.14. The van der Waals surface area contributed by atoms with E-state index in [0.29, 0.717) is 16.9 Å². The van der Waals surface area contributed by atoms with E-state index in [9.17, 15) is 4.79 Å². The quantitative estimate of drug-likeness (QED) is 0.724. The van der Waals surface area contributed by atoms with E-state index < -0.39 is 0 Å². The van der Waals surface area contributed by atoms with E-state index in [0.717, 1.165) is 30.8 Å². The third kappa shape index (κ3) is 3.35. The lowest BCUT2D eigenvalue weighted by Crippen LogP contribution is -2.18. The van der Waals surface area contributed by atoms with Crippen molar-refractivity contribution in [2.75, 3.05) is 13.1 Å². The molecule has 0 N–H and O–H groups in total. The number of likely N-dealkylation sites (tertiary alicyclic amines) is 1. The Morgan fingerprint density at radius 1 is 1.08 bits per heavy atom. The molecule has 3 heterocycles. The van der Waals surface area contributed by atoms with E-state index in [1.54, 1.807) is 6.07 Å². The minimum atomic E-state index is -0.0409. The molecule has 0 bridgehead atoms. The second-order valence-corrected chi connectivity index (χ2v) is 6.02. The molecule has 0 atom stereocenters. The molecule has 124 valence electrons. The first-order valence-corrected chi connectivity index (χ1v) is 8.00. The number of benzene rings is 1. The van der Waals surface area contributed by atoms with Gasteiger partial charge < -0.3 is 4.42 Å². The van der Waals surface area contributed by atoms with Crippen LogP contribution in [-0.2, 0) is 6.54 Å². The first-order chi connectivity index (χ1) is 11.3. The van der Waals surface area contributed by atoms with E-state index in [2.05, 4.69) is 9.88 Å². The minimum Gasteiger partial charge on any atom is -0.437 e. The van der Waals surface area contributed by atoms with Crippen molar-refractivity contribution in [2.45, 2.75) is 19.4 Å². The Hall–Kier alpha value is -2.17. The molecule has 1 aliphatic heterocycles. The summed E-state index contributed by atoms with van der Waals surface area (Å²) in [5.74, 6) is 0.558. The molecule has 0 amide bonds. The van der Waals surface area contributed by atoms with Crippen LogP contribution >= 0.6 is 12.4 Å². The van der Waals surface area contributed by atoms with Crippen LogP contribution in [0.5, 0.6) is 0 Å². The average Bonchev–Trinajstić information content (AvgIpc) is 3.09. The van der Waals surface area contributed by atoms with Crippen LogP contribution in [-0.4, -0.2) is 23.0 Å². The maximum Gasteiger partial charge on any atom is 0.230 e. The standard InChI is InChI=1S/C19H18N2O2.ClH/c22-17-11-18(15-6-2-1-3-7-15)23-19-16(17)10-14(12-20-19)13-21-8-4-5-9-21;/h1-3,6-7,10-12H,4-5,8-9,13H2;1H. The van der Waals surface area contributed by atoms with Gasteiger partial charge in [-0.25, -0.2) is 4.98 Å². The fourth-order valence-corrected chi connectivity index (χ4v) is 3.11. The average molecular weight is 343 g/mol. The summed E-state index contributed by atoms with van der Waals surface area (Å²) in [6.07, 6.45) is 4.32. The first kappa shape index (κ1) is 16.7. The van der Waals surface area contributed by atoms with Gasteiger partial charge in [0.1, 0.15) is 5.76 Å². The molecule has 0 unspecified atom stereocenters. The Labute approximate surface area is 146 Å². The van der Waals surface area contributed by atoms with Crippen LogP contribution in [0.2, 0.25) is 0 Å². The van der Waals surface area contributed by atoms with Crippen molar-refractivity contribution < 1.29 is 4.42 Å². The van der Waals surface area contributed by atoms with Crippen LogP contribution in [0.15, 0.2) is 57.9 Å². The monoisotopic (exact) mass is 342 g/mol. The number of hydrogen-bond acceptors (Lipinski definition) is 4. The van der Waals surface area contributed by atoms with Crippen LogP contribution in [0.25, 0.3) is 22.4 Å². The Morgan fingerprint density at radius 2 is 1.83 bits per heavy atom. The highest BCUT2D eigenvalue weighted by Crippen LogP contribution is 2.21. The van der Waals surface area contributed by atoms with Gasteiger partial charge in [0.2, 0.25) is 5.71 Å². The number of rotatable bonds is 3. The van der Waals surface area contributed by atoms with Gasteiger partial charge in [-0.2, -0.15) is 0 Å². The zero-order valence-electron chi connectivity index (χ0n) is 13.3. The van der Waals surface area contributed by atoms with E-state index in [-0.39, 0.29) is 17.8 Å². The number of fused-ring (bicyclic) bond motifs is 1. The zero-order valence-corrected chi connectivity index (χ0v) is 14.1. The lowest BCUT2D eigenvalue weighted by atomic mass is 10.1. The van der Waals surface area contributed by atoms with Gasteiger partial charge in [0.25, 0.3) is 0 Å². The molecular weight excluding hydrogens is 324 g/mol. The largest absolute Gasteiger partial charge is 0.437 e. The second-order valence-electron chi connectivity index (χ2n) is 6.02. The lowest BCUT2D eigenvalue weighted by molar-refractivity contribution is 0.331. The van der Waals surface area contributed by atoms with Gasteiger partial charge in [-0.15, -0.1) is 12.4 Å². The van der Waals surface area contributed by atoms with Crippen molar-refractivity contribution >= 4 is 23.5 Å². The Kier molecular flexibility index (Phi) is 4.97. The van der Waals surface area contributed by atoms with Crippen LogP contribution in [0.3, 0.4) is 0 Å². The third-order valence-corrected chi connectivity index (χ3v) is 4.31. The van der Waals surface area contributed by atoms with Crippen molar-refractivity contribution in [3.8, 4) is 11.3 Å². The molecule has 24 heavy (non-hydrogen) atoms. The molecule has 0 radical (unpaired) electrons. The van der Waals surface area contributed by atoms with Crippen molar-refractivity contribution in [3.63, 3.8) is 0 Å². The molecule has 2 aromatic heterocycles. The summed E-state index contributed by atoms with van der Waals surface area (Å²) in [6, 6.07) is 13.1. The van der Waals surface area contributed by atoms with Gasteiger partial charge in [0.15, 0.2) is 5.43 Å². The molecule has 4 rings (SSSR count). The molecule has 1 aliphatic rings. The smallest absolute Gasteiger partial charge is 0.230 e. The summed E-state index contributed by atoms with van der Waals surface area (Å²) in [7, 11) is 0. The summed E-state index contributed by atoms with van der Waals surface area (Å²) in [5.41, 5.74) is 2.32. The van der Waals surface area contributed by atoms with Crippen LogP contribution in [0.4, 0.5) is 0 Å². The molecule has 1 aromatic carbocycles. The highest BCUT2D eigenvalue weighted by Gasteiger charge is 2.13. The molecule has 1 fully saturated rings. The van der Waals surface area contributed by atoms with Gasteiger partial charge in [-0.1, -0.05) is 30.3 Å². The van der Waals surface area contributed by atoms with Gasteiger partial charge in [-0.05, 0) is 37.6 Å². The molecule has 4 nitrogen and oxygen atoms in total. The number of nitrogens with zero attached hydrogens (tertiary/aromatic N) is 2. The molecule has 5 heteroatoms. The molecular formula is C19H19ClN2O2. The topological polar surface area (TPSA) is 46.3 Å². The van der Waals surface area contributed by atoms with E-state index in [4.69, 9.17) is 4.42 Å². The normalized spacial score (nSPS) is 14.7. The van der Waals surface area contributed by atoms with Crippen LogP contribution in [0.1, 0.15) is 18.4 Å². The summed E-state index contributed by atoms with van der Waals surface area (Å²) >= 11 is 0. The minimum absolute atomic E-state index is 0. The SMILES string of the molecule is Cl.O=c1cc(-c2ccccc2)oc2ncc(CN3CCCC3)cc12. The Balaban J connectivity index is 0.00000169. The van der Waals surface area contributed by atoms with Crippen LogP contribution in [0, 0.1) is 0 Å². The summed E-state index contributed by atoms with van der Waals surface area (Å²) in [4.78, 5) is 19.2. The van der Waals surface area contributed by atoms with Gasteiger partial charge >= 0.3 is 0 Å². The second kappa shape index (κ2) is 7.16. The third-order valence-electron chi connectivity index (χ3n) is 4.31. The molecule has 0 saturated carbocycles. The zero-order chi connectivity index (χ0) is 15.6. The van der Waals surface area contributed by atoms with Crippen molar-refractivity contribution in [1.82, 2.24) is 9.88 Å². The number of aromatic nitrogens is 1. The molecule has 1 saturated heterocycles. The first-order valence-electron chi connectivity index (χ1n) is 8.00. The fourth-order valence-electron chi connectivity index (χ4n) is 3.11. The maximum atomic E-state index is 12.4.